The maximum Gasteiger partial charge on any atom is 0.348 e. The number of hydrogen-bond donors (Lipinski definition) is 4. The molecule has 174 valence electrons. The van der Waals surface area contributed by atoms with Gasteiger partial charge in [-0.25, -0.2) is 14.8 Å². The molecular formula is C19H25ClN6O5S. The van der Waals surface area contributed by atoms with E-state index in [1.54, 1.807) is 0 Å². The van der Waals surface area contributed by atoms with Crippen LogP contribution in [0, 0.1) is 0 Å². The van der Waals surface area contributed by atoms with Gasteiger partial charge >= 0.3 is 5.97 Å². The predicted octanol–water partition coefficient (Wildman–Crippen LogP) is 1.55. The van der Waals surface area contributed by atoms with Gasteiger partial charge in [-0.1, -0.05) is 29.9 Å². The van der Waals surface area contributed by atoms with E-state index in [1.165, 1.54) is 7.05 Å². The lowest BCUT2D eigenvalue weighted by Crippen LogP contribution is -2.55. The number of aromatic carboxylic acids is 1. The fourth-order valence-electron chi connectivity index (χ4n) is 3.47. The van der Waals surface area contributed by atoms with Gasteiger partial charge < -0.3 is 30.4 Å². The first kappa shape index (κ1) is 24.0. The second-order valence-corrected chi connectivity index (χ2v) is 8.41. The Labute approximate surface area is 193 Å². The van der Waals surface area contributed by atoms with Crippen LogP contribution in [-0.4, -0.2) is 76.7 Å². The van der Waals surface area contributed by atoms with Gasteiger partial charge in [0.2, 0.25) is 0 Å². The van der Waals surface area contributed by atoms with Crippen LogP contribution in [0.5, 0.6) is 0 Å². The third kappa shape index (κ3) is 5.03. The summed E-state index contributed by atoms with van der Waals surface area (Å²) in [4.78, 5) is 49.2. The molecule has 32 heavy (non-hydrogen) atoms. The summed E-state index contributed by atoms with van der Waals surface area (Å²) >= 11 is 6.98. The summed E-state index contributed by atoms with van der Waals surface area (Å²) in [6, 6.07) is -0.287. The molecule has 13 heteroatoms. The van der Waals surface area contributed by atoms with E-state index >= 15 is 0 Å². The number of halogens is 1. The number of aromatic nitrogens is 3. The Morgan fingerprint density at radius 2 is 2.06 bits per heavy atom. The Hall–Kier alpha value is -2.70. The van der Waals surface area contributed by atoms with E-state index in [9.17, 15) is 19.5 Å². The van der Waals surface area contributed by atoms with Crippen molar-refractivity contribution in [1.82, 2.24) is 25.6 Å². The molecule has 2 unspecified atom stereocenters. The molecule has 1 fully saturated rings. The number of ether oxygens (including phenoxy) is 1. The summed E-state index contributed by atoms with van der Waals surface area (Å²) in [6.07, 6.45) is 0.792. The molecule has 2 amide bonds. The maximum absolute atomic E-state index is 12.7. The maximum atomic E-state index is 12.7. The van der Waals surface area contributed by atoms with Gasteiger partial charge in [0.05, 0.1) is 17.8 Å². The first-order valence-corrected chi connectivity index (χ1v) is 11.4. The Kier molecular flexibility index (Phi) is 7.69. The van der Waals surface area contributed by atoms with Gasteiger partial charge in [0.15, 0.2) is 21.8 Å². The molecule has 0 spiro atoms. The largest absolute Gasteiger partial charge is 0.477 e. The SMILES string of the molecule is CCOC1CN(c2nc(C(=O)NC)c(C(=O)O)s2)CCC1NC(=O)c1nc(Cl)c(CC)[nH]1. The molecule has 3 heterocycles. The number of anilines is 1. The number of nitrogens with zero attached hydrogens (tertiary/aromatic N) is 3. The van der Waals surface area contributed by atoms with E-state index in [1.807, 2.05) is 18.7 Å². The summed E-state index contributed by atoms with van der Waals surface area (Å²) in [5.41, 5.74) is 0.572. The van der Waals surface area contributed by atoms with Gasteiger partial charge in [0.25, 0.3) is 11.8 Å². The Morgan fingerprint density at radius 3 is 2.66 bits per heavy atom. The number of imidazole rings is 1. The van der Waals surface area contributed by atoms with Crippen LogP contribution in [0.3, 0.4) is 0 Å². The molecule has 0 saturated carbocycles. The van der Waals surface area contributed by atoms with Crippen LogP contribution < -0.4 is 15.5 Å². The van der Waals surface area contributed by atoms with E-state index in [0.29, 0.717) is 43.4 Å². The highest BCUT2D eigenvalue weighted by atomic mass is 35.5. The number of rotatable bonds is 8. The number of carboxylic acids is 1. The summed E-state index contributed by atoms with van der Waals surface area (Å²) < 4.78 is 5.86. The summed E-state index contributed by atoms with van der Waals surface area (Å²) in [6.45, 7) is 5.06. The number of amides is 2. The molecule has 0 aliphatic carbocycles. The average Bonchev–Trinajstić information content (AvgIpc) is 3.38. The zero-order valence-corrected chi connectivity index (χ0v) is 19.5. The molecule has 11 nitrogen and oxygen atoms in total. The fourth-order valence-corrected chi connectivity index (χ4v) is 4.67. The molecule has 2 atom stereocenters. The molecule has 3 rings (SSSR count). The van der Waals surface area contributed by atoms with E-state index in [0.717, 1.165) is 11.3 Å². The minimum absolute atomic E-state index is 0.121. The lowest BCUT2D eigenvalue weighted by molar-refractivity contribution is 0.0271. The monoisotopic (exact) mass is 484 g/mol. The number of H-pyrrole nitrogens is 1. The molecule has 1 aliphatic rings. The number of carbonyl (C=O) groups is 3. The number of aromatic amines is 1. The average molecular weight is 485 g/mol. The van der Waals surface area contributed by atoms with Crippen LogP contribution in [0.15, 0.2) is 0 Å². The van der Waals surface area contributed by atoms with Crippen LogP contribution in [0.2, 0.25) is 5.15 Å². The minimum Gasteiger partial charge on any atom is -0.477 e. The fraction of sp³-hybridized carbons (Fsp3) is 0.526. The van der Waals surface area contributed by atoms with Crippen LogP contribution in [0.4, 0.5) is 5.13 Å². The first-order valence-electron chi connectivity index (χ1n) is 10.2. The van der Waals surface area contributed by atoms with Crippen molar-refractivity contribution in [2.45, 2.75) is 38.8 Å². The normalized spacial score (nSPS) is 18.4. The van der Waals surface area contributed by atoms with Gasteiger partial charge in [-0.3, -0.25) is 9.59 Å². The van der Waals surface area contributed by atoms with Crippen molar-refractivity contribution < 1.29 is 24.2 Å². The number of carboxylic acid groups (broad SMARTS) is 1. The summed E-state index contributed by atoms with van der Waals surface area (Å²) in [5.74, 6) is -2.00. The van der Waals surface area contributed by atoms with Gasteiger partial charge in [-0.15, -0.1) is 0 Å². The highest BCUT2D eigenvalue weighted by Gasteiger charge is 2.34. The molecule has 4 N–H and O–H groups in total. The van der Waals surface area contributed by atoms with Gasteiger partial charge in [-0.05, 0) is 19.8 Å². The Bertz CT molecular complexity index is 1010. The number of aryl methyl sites for hydroxylation is 1. The van der Waals surface area contributed by atoms with Gasteiger partial charge in [0, 0.05) is 26.7 Å². The zero-order valence-electron chi connectivity index (χ0n) is 17.9. The van der Waals surface area contributed by atoms with E-state index in [4.69, 9.17) is 16.3 Å². The molecule has 0 aromatic carbocycles. The van der Waals surface area contributed by atoms with E-state index < -0.39 is 11.9 Å². The first-order chi connectivity index (χ1) is 15.3. The molecule has 0 bridgehead atoms. The standard InChI is InChI=1S/C19H25ClN6O5S/c1-4-9-14(20)25-15(22-9)17(28)23-10-6-7-26(8-11(10)31-5-2)19-24-12(16(27)21-3)13(32-19)18(29)30/h10-11H,4-8H2,1-3H3,(H,21,27)(H,22,25)(H,23,28)(H,29,30). The topological polar surface area (TPSA) is 150 Å². The van der Waals surface area contributed by atoms with Gasteiger partial charge in [-0.2, -0.15) is 0 Å². The summed E-state index contributed by atoms with van der Waals surface area (Å²) in [5, 5.41) is 15.5. The number of thiazole rings is 1. The van der Waals surface area contributed by atoms with Crippen molar-refractivity contribution in [3.63, 3.8) is 0 Å². The van der Waals surface area contributed by atoms with Crippen molar-refractivity contribution in [2.24, 2.45) is 0 Å². The highest BCUT2D eigenvalue weighted by molar-refractivity contribution is 7.17. The third-order valence-corrected chi connectivity index (χ3v) is 6.49. The number of piperidine rings is 1. The van der Waals surface area contributed by atoms with Crippen LogP contribution in [0.25, 0.3) is 0 Å². The third-order valence-electron chi connectivity index (χ3n) is 5.08. The number of hydrogen-bond acceptors (Lipinski definition) is 8. The minimum atomic E-state index is -1.21. The molecule has 2 aromatic rings. The molecule has 2 aromatic heterocycles. The van der Waals surface area contributed by atoms with Crippen molar-refractivity contribution in [3.8, 4) is 0 Å². The van der Waals surface area contributed by atoms with E-state index in [2.05, 4.69) is 25.6 Å². The lowest BCUT2D eigenvalue weighted by Gasteiger charge is -2.38. The lowest BCUT2D eigenvalue weighted by atomic mass is 10.0. The second-order valence-electron chi connectivity index (χ2n) is 7.08. The van der Waals surface area contributed by atoms with E-state index in [-0.39, 0.29) is 39.6 Å². The predicted molar refractivity (Wildman–Crippen MR) is 119 cm³/mol. The molecule has 1 saturated heterocycles. The second kappa shape index (κ2) is 10.3. The van der Waals surface area contributed by atoms with Crippen molar-refractivity contribution in [2.75, 3.05) is 31.6 Å². The Morgan fingerprint density at radius 1 is 1.31 bits per heavy atom. The Balaban J connectivity index is 1.75. The zero-order chi connectivity index (χ0) is 23.4. The highest BCUT2D eigenvalue weighted by Crippen LogP contribution is 2.29. The van der Waals surface area contributed by atoms with Crippen LogP contribution in [-0.2, 0) is 11.2 Å². The smallest absolute Gasteiger partial charge is 0.348 e. The summed E-state index contributed by atoms with van der Waals surface area (Å²) in [7, 11) is 1.42. The van der Waals surface area contributed by atoms with Crippen molar-refractivity contribution in [3.05, 3.63) is 27.2 Å². The van der Waals surface area contributed by atoms with Crippen molar-refractivity contribution in [1.29, 1.82) is 0 Å². The molecular weight excluding hydrogens is 460 g/mol. The quantitative estimate of drug-likeness (QED) is 0.441. The number of carbonyl (C=O) groups excluding carboxylic acids is 2. The van der Waals surface area contributed by atoms with Crippen LogP contribution in [0.1, 0.15) is 56.7 Å². The van der Waals surface area contributed by atoms with Crippen LogP contribution >= 0.6 is 22.9 Å². The van der Waals surface area contributed by atoms with Gasteiger partial charge in [0.1, 0.15) is 4.88 Å². The number of nitrogens with one attached hydrogen (secondary N) is 3. The molecule has 1 aliphatic heterocycles. The molecule has 0 radical (unpaired) electrons. The van der Waals surface area contributed by atoms with Crippen molar-refractivity contribution >= 4 is 45.9 Å².